The van der Waals surface area contributed by atoms with Crippen LogP contribution in [0.4, 0.5) is 5.13 Å². The minimum atomic E-state index is -0.506. The van der Waals surface area contributed by atoms with Crippen molar-refractivity contribution in [3.63, 3.8) is 0 Å². The van der Waals surface area contributed by atoms with Gasteiger partial charge in [0.1, 0.15) is 6.54 Å². The Morgan fingerprint density at radius 2 is 1.90 bits per heavy atom. The Bertz CT molecular complexity index is 1340. The van der Waals surface area contributed by atoms with E-state index in [9.17, 15) is 14.4 Å². The molecule has 1 amide bonds. The van der Waals surface area contributed by atoms with Gasteiger partial charge in [-0.2, -0.15) is 0 Å². The molecule has 0 bridgehead atoms. The van der Waals surface area contributed by atoms with Crippen LogP contribution in [0.15, 0.2) is 50.6 Å². The lowest BCUT2D eigenvalue weighted by Crippen LogP contribution is -2.37. The minimum absolute atomic E-state index is 0.143. The summed E-state index contributed by atoms with van der Waals surface area (Å²) < 4.78 is 4.41. The zero-order chi connectivity index (χ0) is 21.3. The zero-order valence-corrected chi connectivity index (χ0v) is 17.7. The monoisotopic (exact) mass is 443 g/mol. The summed E-state index contributed by atoms with van der Waals surface area (Å²) in [5.41, 5.74) is 0.606. The lowest BCUT2D eigenvalue weighted by molar-refractivity contribution is -0.116. The molecule has 10 nitrogen and oxygen atoms in total. The number of rotatable bonds is 6. The normalized spacial score (nSPS) is 11.1. The number of anilines is 1. The van der Waals surface area contributed by atoms with E-state index in [0.717, 1.165) is 14.7 Å². The highest BCUT2D eigenvalue weighted by atomic mass is 32.2. The largest absolute Gasteiger partial charge is 0.332 e. The SMILES string of the molecule is Cn1c(=O)c2c(ncn2CC(=O)Nc2nnc(SCc3ccccc3)s2)n(C)c1=O. The number of amides is 1. The summed E-state index contributed by atoms with van der Waals surface area (Å²) in [5, 5.41) is 11.1. The quantitative estimate of drug-likeness (QED) is 0.352. The van der Waals surface area contributed by atoms with Crippen molar-refractivity contribution in [1.29, 1.82) is 0 Å². The number of imidazole rings is 1. The van der Waals surface area contributed by atoms with Crippen LogP contribution in [0, 0.1) is 0 Å². The van der Waals surface area contributed by atoms with Gasteiger partial charge in [-0.3, -0.25) is 24.0 Å². The van der Waals surface area contributed by atoms with Gasteiger partial charge in [0.05, 0.1) is 6.33 Å². The average Bonchev–Trinajstić information content (AvgIpc) is 3.37. The summed E-state index contributed by atoms with van der Waals surface area (Å²) in [7, 11) is 2.91. The molecule has 30 heavy (non-hydrogen) atoms. The van der Waals surface area contributed by atoms with Gasteiger partial charge >= 0.3 is 5.69 Å². The number of thioether (sulfide) groups is 1. The van der Waals surface area contributed by atoms with Crippen molar-refractivity contribution in [3.05, 3.63) is 63.1 Å². The average molecular weight is 444 g/mol. The first-order valence-corrected chi connectivity index (χ1v) is 10.6. The Kier molecular flexibility index (Phi) is 5.50. The topological polar surface area (TPSA) is 117 Å². The predicted octanol–water partition coefficient (Wildman–Crippen LogP) is 1.22. The molecule has 0 radical (unpaired) electrons. The van der Waals surface area contributed by atoms with Crippen LogP contribution in [-0.2, 0) is 31.2 Å². The lowest BCUT2D eigenvalue weighted by atomic mass is 10.2. The standard InChI is InChI=1S/C18H17N7O3S2/c1-23-14-13(15(27)24(2)18(23)28)25(10-19-14)8-12(26)20-16-21-22-17(30-16)29-9-11-6-4-3-5-7-11/h3-7,10H,8-9H2,1-2H3,(H,20,21,26). The van der Waals surface area contributed by atoms with E-state index in [4.69, 9.17) is 0 Å². The van der Waals surface area contributed by atoms with E-state index in [-0.39, 0.29) is 23.6 Å². The molecule has 0 saturated heterocycles. The summed E-state index contributed by atoms with van der Waals surface area (Å²) in [6, 6.07) is 9.99. The molecule has 12 heteroatoms. The summed E-state index contributed by atoms with van der Waals surface area (Å²) in [5.74, 6) is 0.382. The Balaban J connectivity index is 1.45. The van der Waals surface area contributed by atoms with Crippen molar-refractivity contribution in [3.8, 4) is 0 Å². The predicted molar refractivity (Wildman–Crippen MR) is 115 cm³/mol. The van der Waals surface area contributed by atoms with Crippen LogP contribution in [0.25, 0.3) is 11.2 Å². The van der Waals surface area contributed by atoms with Crippen molar-refractivity contribution < 1.29 is 4.79 Å². The van der Waals surface area contributed by atoms with Crippen LogP contribution in [0.5, 0.6) is 0 Å². The Morgan fingerprint density at radius 3 is 2.67 bits per heavy atom. The molecule has 0 aliphatic heterocycles. The fourth-order valence-corrected chi connectivity index (χ4v) is 4.59. The first kappa shape index (κ1) is 20.0. The van der Waals surface area contributed by atoms with Gasteiger partial charge in [0.15, 0.2) is 15.5 Å². The van der Waals surface area contributed by atoms with Crippen LogP contribution in [0.2, 0.25) is 0 Å². The van der Waals surface area contributed by atoms with E-state index in [1.807, 2.05) is 30.3 Å². The molecule has 0 saturated carbocycles. The molecule has 0 fully saturated rings. The smallest absolute Gasteiger partial charge is 0.315 e. The maximum absolute atomic E-state index is 12.5. The Morgan fingerprint density at radius 1 is 1.13 bits per heavy atom. The highest BCUT2D eigenvalue weighted by molar-refractivity contribution is 8.00. The second-order valence-corrected chi connectivity index (χ2v) is 8.65. The molecular formula is C18H17N7O3S2. The molecular weight excluding hydrogens is 426 g/mol. The highest BCUT2D eigenvalue weighted by Gasteiger charge is 2.17. The van der Waals surface area contributed by atoms with E-state index < -0.39 is 11.2 Å². The minimum Gasteiger partial charge on any atom is -0.315 e. The second kappa shape index (κ2) is 8.24. The third-order valence-corrected chi connectivity index (χ3v) is 6.43. The van der Waals surface area contributed by atoms with Crippen molar-refractivity contribution >= 4 is 45.3 Å². The van der Waals surface area contributed by atoms with Gasteiger partial charge in [-0.15, -0.1) is 10.2 Å². The summed E-state index contributed by atoms with van der Waals surface area (Å²) in [4.78, 5) is 41.0. The molecule has 0 unspecified atom stereocenters. The number of nitrogens with zero attached hydrogens (tertiary/aromatic N) is 6. The van der Waals surface area contributed by atoms with E-state index in [0.29, 0.717) is 5.13 Å². The molecule has 4 rings (SSSR count). The van der Waals surface area contributed by atoms with Gasteiger partial charge in [0.2, 0.25) is 11.0 Å². The molecule has 154 valence electrons. The zero-order valence-electron chi connectivity index (χ0n) is 16.1. The molecule has 3 heterocycles. The fourth-order valence-electron chi connectivity index (χ4n) is 2.87. The van der Waals surface area contributed by atoms with Gasteiger partial charge in [0.25, 0.3) is 5.56 Å². The molecule has 0 spiro atoms. The highest BCUT2D eigenvalue weighted by Crippen LogP contribution is 2.28. The summed E-state index contributed by atoms with van der Waals surface area (Å²) in [6.07, 6.45) is 1.37. The summed E-state index contributed by atoms with van der Waals surface area (Å²) in [6.45, 7) is -0.143. The maximum atomic E-state index is 12.5. The molecule has 0 aliphatic rings. The fraction of sp³-hybridized carbons (Fsp3) is 0.222. The molecule has 3 aromatic heterocycles. The van der Waals surface area contributed by atoms with E-state index in [1.54, 1.807) is 0 Å². The van der Waals surface area contributed by atoms with E-state index >= 15 is 0 Å². The molecule has 4 aromatic rings. The number of carbonyl (C=O) groups is 1. The van der Waals surface area contributed by atoms with Crippen LogP contribution >= 0.6 is 23.1 Å². The molecule has 1 N–H and O–H groups in total. The Labute approximate surface area is 178 Å². The number of fused-ring (bicyclic) bond motifs is 1. The molecule has 0 aliphatic carbocycles. The molecule has 1 aromatic carbocycles. The van der Waals surface area contributed by atoms with E-state index in [1.165, 1.54) is 58.2 Å². The van der Waals surface area contributed by atoms with Gasteiger partial charge in [-0.25, -0.2) is 9.78 Å². The van der Waals surface area contributed by atoms with Gasteiger partial charge in [-0.1, -0.05) is 53.4 Å². The number of carbonyl (C=O) groups excluding carboxylic acids is 1. The van der Waals surface area contributed by atoms with Crippen molar-refractivity contribution in [1.82, 2.24) is 28.9 Å². The number of benzene rings is 1. The van der Waals surface area contributed by atoms with Crippen LogP contribution in [0.3, 0.4) is 0 Å². The third-order valence-electron chi connectivity index (χ3n) is 4.39. The lowest BCUT2D eigenvalue weighted by Gasteiger charge is -2.06. The van der Waals surface area contributed by atoms with Crippen LogP contribution in [0.1, 0.15) is 5.56 Å². The van der Waals surface area contributed by atoms with E-state index in [2.05, 4.69) is 20.5 Å². The number of aromatic nitrogens is 6. The number of aryl methyl sites for hydroxylation is 1. The number of hydrogen-bond acceptors (Lipinski definition) is 8. The Hall–Kier alpha value is -3.25. The summed E-state index contributed by atoms with van der Waals surface area (Å²) >= 11 is 2.82. The molecule has 0 atom stereocenters. The van der Waals surface area contributed by atoms with Crippen LogP contribution in [-0.4, -0.2) is 34.8 Å². The number of hydrogen-bond donors (Lipinski definition) is 1. The first-order chi connectivity index (χ1) is 14.4. The second-order valence-electron chi connectivity index (χ2n) is 6.45. The number of nitrogens with one attached hydrogen (secondary N) is 1. The van der Waals surface area contributed by atoms with Crippen molar-refractivity contribution in [2.45, 2.75) is 16.6 Å². The third kappa shape index (κ3) is 3.91. The van der Waals surface area contributed by atoms with Crippen molar-refractivity contribution in [2.24, 2.45) is 14.1 Å². The maximum Gasteiger partial charge on any atom is 0.332 e. The first-order valence-electron chi connectivity index (χ1n) is 8.85. The van der Waals surface area contributed by atoms with Crippen LogP contribution < -0.4 is 16.6 Å². The van der Waals surface area contributed by atoms with Gasteiger partial charge < -0.3 is 4.57 Å². The van der Waals surface area contributed by atoms with Crippen molar-refractivity contribution in [2.75, 3.05) is 5.32 Å². The van der Waals surface area contributed by atoms with Gasteiger partial charge in [0, 0.05) is 19.8 Å². The van der Waals surface area contributed by atoms with Gasteiger partial charge in [-0.05, 0) is 5.56 Å².